The number of nitrogens with one attached hydrogen (secondary N) is 3. The van der Waals surface area contributed by atoms with Gasteiger partial charge in [-0.15, -0.1) is 0 Å². The smallest absolute Gasteiger partial charge is 0.326 e. The van der Waals surface area contributed by atoms with E-state index in [1.165, 1.54) is 12.1 Å². The summed E-state index contributed by atoms with van der Waals surface area (Å²) >= 11 is 0. The molecule has 41 heavy (non-hydrogen) atoms. The molecule has 224 valence electrons. The zero-order valence-corrected chi connectivity index (χ0v) is 23.7. The van der Waals surface area contributed by atoms with Crippen LogP contribution in [0.3, 0.4) is 0 Å². The number of aromatic hydroxyl groups is 1. The Morgan fingerprint density at radius 1 is 0.756 bits per heavy atom. The van der Waals surface area contributed by atoms with E-state index in [2.05, 4.69) is 16.0 Å². The molecule has 0 aliphatic rings. The van der Waals surface area contributed by atoms with Crippen LogP contribution in [0, 0.1) is 5.92 Å². The number of rotatable bonds is 17. The van der Waals surface area contributed by atoms with E-state index >= 15 is 0 Å². The Labute approximate surface area is 241 Å². The van der Waals surface area contributed by atoms with Crippen LogP contribution in [0.1, 0.15) is 50.7 Å². The van der Waals surface area contributed by atoms with Crippen LogP contribution >= 0.6 is 0 Å². The average molecular weight is 570 g/mol. The van der Waals surface area contributed by atoms with Crippen molar-refractivity contribution in [2.45, 2.75) is 76.5 Å². The molecule has 3 amide bonds. The highest BCUT2D eigenvalue weighted by atomic mass is 16.4. The van der Waals surface area contributed by atoms with Crippen LogP contribution in [-0.2, 0) is 32.0 Å². The van der Waals surface area contributed by atoms with Crippen molar-refractivity contribution in [2.24, 2.45) is 17.4 Å². The molecule has 0 spiro atoms. The van der Waals surface area contributed by atoms with Gasteiger partial charge in [0, 0.05) is 6.42 Å². The van der Waals surface area contributed by atoms with Crippen molar-refractivity contribution in [1.82, 2.24) is 16.0 Å². The fourth-order valence-corrected chi connectivity index (χ4v) is 4.31. The summed E-state index contributed by atoms with van der Waals surface area (Å²) < 4.78 is 0. The SMILES string of the molecule is CC(C)CC(NC(=O)C(Cc1ccccc1)NC(=O)C(N)Cc1ccc(O)cc1)C(=O)NC(CCCCN)C(=O)O. The molecule has 4 unspecified atom stereocenters. The molecule has 4 atom stereocenters. The van der Waals surface area contributed by atoms with Crippen LogP contribution in [0.5, 0.6) is 5.75 Å². The van der Waals surface area contributed by atoms with Crippen molar-refractivity contribution in [3.05, 3.63) is 65.7 Å². The van der Waals surface area contributed by atoms with Gasteiger partial charge in [-0.05, 0) is 67.8 Å². The van der Waals surface area contributed by atoms with Crippen LogP contribution in [0.4, 0.5) is 0 Å². The molecule has 2 aromatic carbocycles. The monoisotopic (exact) mass is 569 g/mol. The first kappa shape index (κ1) is 33.2. The minimum absolute atomic E-state index is 0.00691. The van der Waals surface area contributed by atoms with E-state index in [0.717, 1.165) is 11.1 Å². The highest BCUT2D eigenvalue weighted by Gasteiger charge is 2.31. The summed E-state index contributed by atoms with van der Waals surface area (Å²) in [5.41, 5.74) is 13.2. The normalized spacial score (nSPS) is 14.0. The largest absolute Gasteiger partial charge is 0.508 e. The highest BCUT2D eigenvalue weighted by molar-refractivity contribution is 5.94. The van der Waals surface area contributed by atoms with Gasteiger partial charge in [0.1, 0.15) is 23.9 Å². The number of benzene rings is 2. The van der Waals surface area contributed by atoms with Gasteiger partial charge in [0.15, 0.2) is 0 Å². The van der Waals surface area contributed by atoms with Crippen LogP contribution in [-0.4, -0.2) is 64.6 Å². The second-order valence-electron chi connectivity index (χ2n) is 10.6. The van der Waals surface area contributed by atoms with Gasteiger partial charge in [0.05, 0.1) is 6.04 Å². The number of phenols is 1. The number of nitrogens with two attached hydrogens (primary N) is 2. The summed E-state index contributed by atoms with van der Waals surface area (Å²) in [6, 6.07) is 11.3. The summed E-state index contributed by atoms with van der Waals surface area (Å²) in [6.07, 6.45) is 1.97. The minimum Gasteiger partial charge on any atom is -0.508 e. The van der Waals surface area contributed by atoms with Gasteiger partial charge in [0.2, 0.25) is 17.7 Å². The molecule has 0 aromatic heterocycles. The number of amides is 3. The Morgan fingerprint density at radius 3 is 1.90 bits per heavy atom. The Kier molecular flexibility index (Phi) is 13.8. The van der Waals surface area contributed by atoms with E-state index in [4.69, 9.17) is 11.5 Å². The molecule has 11 nitrogen and oxygen atoms in total. The third-order valence-corrected chi connectivity index (χ3v) is 6.55. The van der Waals surface area contributed by atoms with E-state index in [1.54, 1.807) is 12.1 Å². The molecule has 0 fully saturated rings. The van der Waals surface area contributed by atoms with Gasteiger partial charge in [-0.3, -0.25) is 14.4 Å². The molecule has 0 saturated heterocycles. The van der Waals surface area contributed by atoms with Gasteiger partial charge < -0.3 is 37.6 Å². The van der Waals surface area contributed by atoms with E-state index in [9.17, 15) is 29.4 Å². The summed E-state index contributed by atoms with van der Waals surface area (Å²) in [4.78, 5) is 51.5. The van der Waals surface area contributed by atoms with E-state index in [0.29, 0.717) is 19.4 Å². The van der Waals surface area contributed by atoms with Crippen LogP contribution in [0.25, 0.3) is 0 Å². The number of hydrogen-bond donors (Lipinski definition) is 7. The topological polar surface area (TPSA) is 197 Å². The second-order valence-corrected chi connectivity index (χ2v) is 10.6. The van der Waals surface area contributed by atoms with Gasteiger partial charge in [-0.25, -0.2) is 4.79 Å². The number of hydrogen-bond acceptors (Lipinski definition) is 7. The molecule has 0 bridgehead atoms. The van der Waals surface area contributed by atoms with Crippen LogP contribution < -0.4 is 27.4 Å². The standard InChI is InChI=1S/C30H43N5O6/c1-19(2)16-25(28(38)33-24(30(40)41)10-6-7-15-31)35-29(39)26(18-20-8-4-3-5-9-20)34-27(37)23(32)17-21-11-13-22(36)14-12-21/h3-5,8-9,11-14,19,23-26,36H,6-7,10,15-18,31-32H2,1-2H3,(H,33,38)(H,34,37)(H,35,39)(H,40,41). The van der Waals surface area contributed by atoms with Crippen LogP contribution in [0.15, 0.2) is 54.6 Å². The van der Waals surface area contributed by atoms with Crippen molar-refractivity contribution in [3.8, 4) is 5.75 Å². The lowest BCUT2D eigenvalue weighted by Gasteiger charge is -2.26. The van der Waals surface area contributed by atoms with Gasteiger partial charge in [0.25, 0.3) is 0 Å². The molecule has 0 aliphatic carbocycles. The first-order valence-electron chi connectivity index (χ1n) is 13.9. The third-order valence-electron chi connectivity index (χ3n) is 6.55. The number of phenolic OH excluding ortho intramolecular Hbond substituents is 1. The summed E-state index contributed by atoms with van der Waals surface area (Å²) in [5.74, 6) is -2.81. The predicted molar refractivity (Wildman–Crippen MR) is 156 cm³/mol. The molecular formula is C30H43N5O6. The molecule has 0 heterocycles. The molecule has 0 radical (unpaired) electrons. The molecule has 11 heteroatoms. The highest BCUT2D eigenvalue weighted by Crippen LogP contribution is 2.12. The summed E-state index contributed by atoms with van der Waals surface area (Å²) in [7, 11) is 0. The molecule has 0 aliphatic heterocycles. The van der Waals surface area contributed by atoms with Crippen molar-refractivity contribution in [2.75, 3.05) is 6.54 Å². The molecule has 9 N–H and O–H groups in total. The molecule has 2 aromatic rings. The molecular weight excluding hydrogens is 526 g/mol. The summed E-state index contributed by atoms with van der Waals surface area (Å²) in [5, 5.41) is 27.1. The Balaban J connectivity index is 2.19. The number of carbonyl (C=O) groups is 4. The average Bonchev–Trinajstić information content (AvgIpc) is 2.93. The number of carboxylic acid groups (broad SMARTS) is 1. The van der Waals surface area contributed by atoms with E-state index in [-0.39, 0.29) is 37.4 Å². The predicted octanol–water partition coefficient (Wildman–Crippen LogP) is 1.22. The fourth-order valence-electron chi connectivity index (χ4n) is 4.31. The quantitative estimate of drug-likeness (QED) is 0.138. The lowest BCUT2D eigenvalue weighted by atomic mass is 10.00. The van der Waals surface area contributed by atoms with Crippen molar-refractivity contribution in [1.29, 1.82) is 0 Å². The number of carboxylic acids is 1. The van der Waals surface area contributed by atoms with Crippen molar-refractivity contribution in [3.63, 3.8) is 0 Å². The van der Waals surface area contributed by atoms with Crippen LogP contribution in [0.2, 0.25) is 0 Å². The fraction of sp³-hybridized carbons (Fsp3) is 0.467. The van der Waals surface area contributed by atoms with Crippen molar-refractivity contribution >= 4 is 23.7 Å². The second kappa shape index (κ2) is 17.0. The third kappa shape index (κ3) is 12.0. The maximum absolute atomic E-state index is 13.5. The Hall–Kier alpha value is -3.96. The zero-order chi connectivity index (χ0) is 30.4. The van der Waals surface area contributed by atoms with Gasteiger partial charge >= 0.3 is 5.97 Å². The summed E-state index contributed by atoms with van der Waals surface area (Å²) in [6.45, 7) is 4.18. The van der Waals surface area contributed by atoms with E-state index < -0.39 is 47.9 Å². The van der Waals surface area contributed by atoms with Crippen molar-refractivity contribution < 1.29 is 29.4 Å². The van der Waals surface area contributed by atoms with Gasteiger partial charge in [-0.1, -0.05) is 56.3 Å². The minimum atomic E-state index is -1.16. The lowest BCUT2D eigenvalue weighted by Crippen LogP contribution is -2.58. The Bertz CT molecular complexity index is 1130. The lowest BCUT2D eigenvalue weighted by molar-refractivity contribution is -0.142. The maximum Gasteiger partial charge on any atom is 0.326 e. The molecule has 0 saturated carbocycles. The number of aliphatic carboxylic acids is 1. The zero-order valence-electron chi connectivity index (χ0n) is 23.7. The number of carbonyl (C=O) groups excluding carboxylic acids is 3. The van der Waals surface area contributed by atoms with E-state index in [1.807, 2.05) is 44.2 Å². The first-order chi connectivity index (χ1) is 19.5. The maximum atomic E-state index is 13.5. The molecule has 2 rings (SSSR count). The Morgan fingerprint density at radius 2 is 1.32 bits per heavy atom. The van der Waals surface area contributed by atoms with Gasteiger partial charge in [-0.2, -0.15) is 0 Å². The first-order valence-corrected chi connectivity index (χ1v) is 13.9. The number of unbranched alkanes of at least 4 members (excludes halogenated alkanes) is 1.